The number of carbonyl (C=O) groups excluding carboxylic acids is 2. The molecule has 232 valence electrons. The number of ether oxygens (including phenoxy) is 2. The number of hydrogen-bond acceptors (Lipinski definition) is 8. The molecule has 0 heterocycles. The molecule has 4 N–H and O–H groups in total. The van der Waals surface area contributed by atoms with Crippen LogP contribution in [-0.2, 0) is 19.1 Å². The van der Waals surface area contributed by atoms with Crippen molar-refractivity contribution in [2.45, 2.75) is 130 Å². The zero-order chi connectivity index (χ0) is 30.8. The largest absolute Gasteiger partial charge is 0.458 e. The van der Waals surface area contributed by atoms with Crippen LogP contribution in [0.2, 0.25) is 0 Å². The first-order chi connectivity index (χ1) is 19.0. The Morgan fingerprint density at radius 2 is 1.73 bits per heavy atom. The van der Waals surface area contributed by atoms with E-state index in [0.29, 0.717) is 18.4 Å². The van der Waals surface area contributed by atoms with Gasteiger partial charge < -0.3 is 29.9 Å². The van der Waals surface area contributed by atoms with Gasteiger partial charge in [-0.25, -0.2) is 0 Å². The van der Waals surface area contributed by atoms with Crippen molar-refractivity contribution in [1.29, 1.82) is 0 Å². The summed E-state index contributed by atoms with van der Waals surface area (Å²) in [5.74, 6) is -2.21. The van der Waals surface area contributed by atoms with E-state index in [4.69, 9.17) is 9.47 Å². The van der Waals surface area contributed by atoms with E-state index in [9.17, 15) is 30.0 Å². The fraction of sp³-hybridized carbons (Fsp3) is 0.818. The zero-order valence-electron chi connectivity index (χ0n) is 26.2. The molecule has 2 fully saturated rings. The predicted molar refractivity (Wildman–Crippen MR) is 154 cm³/mol. The molecule has 9 atom stereocenters. The number of hydrogen-bond donors (Lipinski definition) is 4. The van der Waals surface area contributed by atoms with Crippen LogP contribution in [0.3, 0.4) is 0 Å². The highest BCUT2D eigenvalue weighted by molar-refractivity contribution is 5.76. The second-order valence-corrected chi connectivity index (χ2v) is 14.8. The number of fused-ring (bicyclic) bond motifs is 3. The lowest BCUT2D eigenvalue weighted by Crippen LogP contribution is -2.67. The third-order valence-electron chi connectivity index (χ3n) is 10.9. The van der Waals surface area contributed by atoms with Crippen molar-refractivity contribution < 1.29 is 39.5 Å². The fourth-order valence-corrected chi connectivity index (χ4v) is 8.61. The summed E-state index contributed by atoms with van der Waals surface area (Å²) in [6.07, 6.45) is 5.17. The lowest BCUT2D eigenvalue weighted by Gasteiger charge is -2.52. The van der Waals surface area contributed by atoms with Gasteiger partial charge in [-0.05, 0) is 57.6 Å². The molecule has 0 radical (unpaired) electrons. The van der Waals surface area contributed by atoms with Crippen LogP contribution in [0.25, 0.3) is 0 Å². The average molecular weight is 577 g/mol. The average Bonchev–Trinajstić information content (AvgIpc) is 3.28. The van der Waals surface area contributed by atoms with Gasteiger partial charge >= 0.3 is 11.9 Å². The number of carbonyl (C=O) groups is 2. The quantitative estimate of drug-likeness (QED) is 0.182. The minimum Gasteiger partial charge on any atom is -0.458 e. The first-order valence-corrected chi connectivity index (χ1v) is 15.5. The third-order valence-corrected chi connectivity index (χ3v) is 10.9. The third kappa shape index (κ3) is 4.63. The Hall–Kier alpha value is -1.74. The Morgan fingerprint density at radius 3 is 2.32 bits per heavy atom. The second-order valence-electron chi connectivity index (χ2n) is 14.8. The first-order valence-electron chi connectivity index (χ1n) is 15.5. The molecule has 1 spiro atoms. The molecule has 0 aliphatic heterocycles. The number of esters is 2. The number of aliphatic hydroxyl groups is 4. The van der Waals surface area contributed by atoms with Crippen LogP contribution < -0.4 is 0 Å². The van der Waals surface area contributed by atoms with Gasteiger partial charge in [0.2, 0.25) is 0 Å². The topological polar surface area (TPSA) is 134 Å². The van der Waals surface area contributed by atoms with Gasteiger partial charge in [-0.3, -0.25) is 9.59 Å². The smallest absolute Gasteiger partial charge is 0.311 e. The Balaban J connectivity index is 1.77. The molecule has 41 heavy (non-hydrogen) atoms. The molecule has 4 rings (SSSR count). The molecule has 0 amide bonds. The van der Waals surface area contributed by atoms with Crippen molar-refractivity contribution in [2.24, 2.45) is 34.0 Å². The van der Waals surface area contributed by atoms with Crippen molar-refractivity contribution in [2.75, 3.05) is 6.61 Å². The van der Waals surface area contributed by atoms with Gasteiger partial charge in [0.05, 0.1) is 23.5 Å². The molecule has 8 nitrogen and oxygen atoms in total. The summed E-state index contributed by atoms with van der Waals surface area (Å²) in [5, 5.41) is 47.1. The lowest BCUT2D eigenvalue weighted by atomic mass is 9.58. The Morgan fingerprint density at radius 1 is 1.10 bits per heavy atom. The minimum absolute atomic E-state index is 0.159. The van der Waals surface area contributed by atoms with Crippen molar-refractivity contribution in [3.05, 3.63) is 23.3 Å². The molecule has 0 saturated heterocycles. The minimum atomic E-state index is -2.15. The molecular weight excluding hydrogens is 524 g/mol. The van der Waals surface area contributed by atoms with Crippen LogP contribution in [0, 0.1) is 34.0 Å². The van der Waals surface area contributed by atoms with Gasteiger partial charge in [-0.2, -0.15) is 0 Å². The molecule has 0 aromatic rings. The van der Waals surface area contributed by atoms with Gasteiger partial charge in [0.1, 0.15) is 17.3 Å². The normalized spacial score (nSPS) is 40.8. The molecule has 1 unspecified atom stereocenters. The van der Waals surface area contributed by atoms with Crippen molar-refractivity contribution >= 4 is 11.9 Å². The maximum atomic E-state index is 13.2. The summed E-state index contributed by atoms with van der Waals surface area (Å²) in [4.78, 5) is 26.3. The summed E-state index contributed by atoms with van der Waals surface area (Å²) in [7, 11) is 0. The van der Waals surface area contributed by atoms with Crippen LogP contribution in [-0.4, -0.2) is 68.5 Å². The molecule has 0 aromatic carbocycles. The molecular formula is C33H52O8. The fourth-order valence-electron chi connectivity index (χ4n) is 8.61. The number of aliphatic hydroxyl groups excluding tert-OH is 3. The molecule has 2 saturated carbocycles. The van der Waals surface area contributed by atoms with Crippen LogP contribution in [0.4, 0.5) is 0 Å². The van der Waals surface area contributed by atoms with Crippen molar-refractivity contribution in [3.8, 4) is 0 Å². The summed E-state index contributed by atoms with van der Waals surface area (Å²) in [6, 6.07) is 0. The van der Waals surface area contributed by atoms with E-state index in [2.05, 4.69) is 6.92 Å². The lowest BCUT2D eigenvalue weighted by molar-refractivity contribution is -0.228. The van der Waals surface area contributed by atoms with Crippen LogP contribution in [0.1, 0.15) is 100 Å². The van der Waals surface area contributed by atoms with E-state index >= 15 is 0 Å². The van der Waals surface area contributed by atoms with Crippen molar-refractivity contribution in [1.82, 2.24) is 0 Å². The standard InChI is InChI=1S/C33H52O8/c1-9-10-11-12-13-14-23(35)41-32-17-20(3)31-16-19(2)27(40-28(38)29(4,5)6)33(31,39)25(36)21(18-34)15-22(26(31)37)24(32)30(32,7)8/h15-16,20,22,24-27,34,36-37,39H,9-14,17-18H2,1-8H3/t20-,22+,24-,25-,26?,27+,31+,32+,33+/m1/s1. The van der Waals surface area contributed by atoms with Gasteiger partial charge in [0.15, 0.2) is 6.10 Å². The van der Waals surface area contributed by atoms with Crippen LogP contribution >= 0.6 is 0 Å². The maximum Gasteiger partial charge on any atom is 0.311 e. The Kier molecular flexibility index (Phi) is 8.45. The van der Waals surface area contributed by atoms with Gasteiger partial charge in [0, 0.05) is 23.7 Å². The SMILES string of the molecule is CCCCCCCC(=O)O[C@@]12C[C@@H](C)[C@]34C=C(C)[C@H](OC(=O)C(C)(C)C)[C@@]3(O)[C@H](O)C(CO)=C[C@H](C4O)[C@@H]1C2(C)C. The number of rotatable bonds is 9. The Bertz CT molecular complexity index is 1100. The molecule has 2 bridgehead atoms. The van der Waals surface area contributed by atoms with E-state index in [1.54, 1.807) is 39.8 Å². The summed E-state index contributed by atoms with van der Waals surface area (Å²) in [6.45, 7) is 14.4. The van der Waals surface area contributed by atoms with Crippen LogP contribution in [0.5, 0.6) is 0 Å². The van der Waals surface area contributed by atoms with E-state index in [0.717, 1.165) is 32.1 Å². The monoisotopic (exact) mass is 576 g/mol. The highest BCUT2D eigenvalue weighted by Crippen LogP contribution is 2.76. The zero-order valence-corrected chi connectivity index (χ0v) is 26.2. The Labute approximate surface area is 245 Å². The number of unbranched alkanes of at least 4 members (excludes halogenated alkanes) is 4. The summed E-state index contributed by atoms with van der Waals surface area (Å²) < 4.78 is 12.3. The van der Waals surface area contributed by atoms with Crippen LogP contribution in [0.15, 0.2) is 23.3 Å². The maximum absolute atomic E-state index is 13.2. The highest BCUT2D eigenvalue weighted by Gasteiger charge is 2.83. The van der Waals surface area contributed by atoms with E-state index < -0.39 is 70.2 Å². The van der Waals surface area contributed by atoms with E-state index in [1.165, 1.54) is 0 Å². The van der Waals surface area contributed by atoms with Gasteiger partial charge in [-0.1, -0.05) is 65.5 Å². The van der Waals surface area contributed by atoms with E-state index in [-0.39, 0.29) is 17.5 Å². The van der Waals surface area contributed by atoms with Crippen molar-refractivity contribution in [3.63, 3.8) is 0 Å². The molecule has 4 aliphatic rings. The first kappa shape index (κ1) is 32.2. The summed E-state index contributed by atoms with van der Waals surface area (Å²) in [5.41, 5.74) is -5.12. The van der Waals surface area contributed by atoms with Gasteiger partial charge in [-0.15, -0.1) is 0 Å². The van der Waals surface area contributed by atoms with Gasteiger partial charge in [0.25, 0.3) is 0 Å². The predicted octanol–water partition coefficient (Wildman–Crippen LogP) is 4.23. The highest BCUT2D eigenvalue weighted by atomic mass is 16.6. The second kappa shape index (κ2) is 10.8. The molecule has 8 heteroatoms. The van der Waals surface area contributed by atoms with E-state index in [1.807, 2.05) is 20.8 Å². The molecule has 4 aliphatic carbocycles. The molecule has 0 aromatic heterocycles. The summed E-state index contributed by atoms with van der Waals surface area (Å²) >= 11 is 0.